The van der Waals surface area contributed by atoms with Crippen molar-refractivity contribution in [2.75, 3.05) is 20.8 Å². The molecule has 0 heterocycles. The van der Waals surface area contributed by atoms with Crippen molar-refractivity contribution < 1.29 is 23.7 Å². The van der Waals surface area contributed by atoms with Crippen LogP contribution in [0.25, 0.3) is 0 Å². The first-order valence-corrected chi connectivity index (χ1v) is 9.34. The first-order chi connectivity index (χ1) is 14.2. The second-order valence-electron chi connectivity index (χ2n) is 6.37. The topological polar surface area (TPSA) is 54.0 Å². The zero-order valence-corrected chi connectivity index (χ0v) is 16.6. The Kier molecular flexibility index (Phi) is 7.11. The normalized spacial score (nSPS) is 10.3. The Morgan fingerprint density at radius 1 is 0.793 bits per heavy atom. The van der Waals surface area contributed by atoms with Gasteiger partial charge in [0.1, 0.15) is 12.4 Å². The van der Waals surface area contributed by atoms with E-state index in [1.54, 1.807) is 32.4 Å². The number of carbonyl (C=O) groups is 1. The van der Waals surface area contributed by atoms with E-state index in [1.807, 2.05) is 54.6 Å². The van der Waals surface area contributed by atoms with E-state index in [9.17, 15) is 4.79 Å². The van der Waals surface area contributed by atoms with Crippen LogP contribution in [0.3, 0.4) is 0 Å². The Labute approximate surface area is 170 Å². The summed E-state index contributed by atoms with van der Waals surface area (Å²) >= 11 is 0. The van der Waals surface area contributed by atoms with Gasteiger partial charge in [0, 0.05) is 6.42 Å². The molecule has 0 saturated heterocycles. The van der Waals surface area contributed by atoms with Crippen LogP contribution in [0.15, 0.2) is 72.8 Å². The van der Waals surface area contributed by atoms with Crippen molar-refractivity contribution in [3.63, 3.8) is 0 Å². The number of benzene rings is 3. The monoisotopic (exact) mass is 392 g/mol. The third kappa shape index (κ3) is 5.75. The zero-order valence-electron chi connectivity index (χ0n) is 16.6. The lowest BCUT2D eigenvalue weighted by Gasteiger charge is -2.12. The Morgan fingerprint density at radius 3 is 2.24 bits per heavy atom. The van der Waals surface area contributed by atoms with Gasteiger partial charge in [-0.15, -0.1) is 0 Å². The van der Waals surface area contributed by atoms with E-state index >= 15 is 0 Å². The lowest BCUT2D eigenvalue weighted by atomic mass is 10.1. The summed E-state index contributed by atoms with van der Waals surface area (Å²) in [6, 6.07) is 22.6. The minimum Gasteiger partial charge on any atom is -0.497 e. The predicted octanol–water partition coefficient (Wildman–Crippen LogP) is 4.68. The number of hydrogen-bond donors (Lipinski definition) is 0. The summed E-state index contributed by atoms with van der Waals surface area (Å²) in [4.78, 5) is 12.4. The van der Waals surface area contributed by atoms with Crippen LogP contribution in [-0.4, -0.2) is 26.8 Å². The molecule has 0 atom stereocenters. The van der Waals surface area contributed by atoms with Crippen LogP contribution < -0.4 is 14.2 Å². The van der Waals surface area contributed by atoms with E-state index in [0.29, 0.717) is 36.7 Å². The molecule has 0 unspecified atom stereocenters. The van der Waals surface area contributed by atoms with Gasteiger partial charge in [0.05, 0.1) is 26.4 Å². The molecule has 29 heavy (non-hydrogen) atoms. The highest BCUT2D eigenvalue weighted by molar-refractivity contribution is 5.90. The Balaban J connectivity index is 1.55. The molecule has 150 valence electrons. The average Bonchev–Trinajstić information content (AvgIpc) is 2.78. The highest BCUT2D eigenvalue weighted by atomic mass is 16.5. The third-order valence-corrected chi connectivity index (χ3v) is 4.42. The van der Waals surface area contributed by atoms with Gasteiger partial charge < -0.3 is 18.9 Å². The van der Waals surface area contributed by atoms with Crippen LogP contribution in [0, 0.1) is 0 Å². The van der Waals surface area contributed by atoms with Crippen LogP contribution in [0.2, 0.25) is 0 Å². The van der Waals surface area contributed by atoms with E-state index < -0.39 is 5.97 Å². The third-order valence-electron chi connectivity index (χ3n) is 4.42. The highest BCUT2D eigenvalue weighted by Gasteiger charge is 2.13. The molecule has 3 rings (SSSR count). The molecule has 0 aliphatic heterocycles. The smallest absolute Gasteiger partial charge is 0.338 e. The Bertz CT molecular complexity index is 920. The number of esters is 1. The van der Waals surface area contributed by atoms with E-state index in [2.05, 4.69) is 0 Å². The fraction of sp³-hybridized carbons (Fsp3) is 0.208. The van der Waals surface area contributed by atoms with Crippen molar-refractivity contribution in [1.29, 1.82) is 0 Å². The van der Waals surface area contributed by atoms with E-state index in [1.165, 1.54) is 0 Å². The molecular formula is C24H24O5. The van der Waals surface area contributed by atoms with Gasteiger partial charge in [-0.05, 0) is 41.5 Å². The van der Waals surface area contributed by atoms with Crippen LogP contribution in [0.4, 0.5) is 0 Å². The fourth-order valence-electron chi connectivity index (χ4n) is 2.79. The number of hydrogen-bond acceptors (Lipinski definition) is 5. The van der Waals surface area contributed by atoms with E-state index in [4.69, 9.17) is 18.9 Å². The van der Waals surface area contributed by atoms with Gasteiger partial charge in [-0.3, -0.25) is 0 Å². The molecule has 5 heteroatoms. The van der Waals surface area contributed by atoms with Crippen LogP contribution in [-0.2, 0) is 17.8 Å². The summed E-state index contributed by atoms with van der Waals surface area (Å²) in [5.74, 6) is 1.47. The molecule has 0 amide bonds. The van der Waals surface area contributed by atoms with Crippen molar-refractivity contribution in [3.8, 4) is 17.2 Å². The molecule has 0 N–H and O–H groups in total. The summed E-state index contributed by atoms with van der Waals surface area (Å²) < 4.78 is 21.7. The molecule has 0 aliphatic rings. The number of ether oxygens (including phenoxy) is 4. The molecule has 0 spiro atoms. The molecule has 0 fully saturated rings. The van der Waals surface area contributed by atoms with E-state index in [0.717, 1.165) is 16.9 Å². The first kappa shape index (κ1) is 20.3. The molecule has 5 nitrogen and oxygen atoms in total. The van der Waals surface area contributed by atoms with Crippen molar-refractivity contribution in [1.82, 2.24) is 0 Å². The lowest BCUT2D eigenvalue weighted by Crippen LogP contribution is -2.09. The lowest BCUT2D eigenvalue weighted by molar-refractivity contribution is 0.0509. The van der Waals surface area contributed by atoms with Gasteiger partial charge in [0.15, 0.2) is 11.5 Å². The molecule has 0 aliphatic carbocycles. The molecule has 0 saturated carbocycles. The van der Waals surface area contributed by atoms with Gasteiger partial charge in [0.25, 0.3) is 0 Å². The summed E-state index contributed by atoms with van der Waals surface area (Å²) in [7, 11) is 3.17. The largest absolute Gasteiger partial charge is 0.497 e. The number of methoxy groups -OCH3 is 2. The summed E-state index contributed by atoms with van der Waals surface area (Å²) in [6.07, 6.45) is 0.630. The van der Waals surface area contributed by atoms with Gasteiger partial charge in [0.2, 0.25) is 0 Å². The molecule has 3 aromatic rings. The standard InChI is InChI=1S/C24H24O5/c1-26-21-11-8-18(9-12-21)14-15-28-24(25)20-10-13-22(23(16-20)27-2)29-17-19-6-4-3-5-7-19/h3-13,16H,14-15,17H2,1-2H3. The van der Waals surface area contributed by atoms with Crippen molar-refractivity contribution >= 4 is 5.97 Å². The fourth-order valence-corrected chi connectivity index (χ4v) is 2.79. The van der Waals surface area contributed by atoms with Gasteiger partial charge >= 0.3 is 5.97 Å². The second kappa shape index (κ2) is 10.2. The first-order valence-electron chi connectivity index (χ1n) is 9.34. The minimum absolute atomic E-state index is 0.291. The van der Waals surface area contributed by atoms with Gasteiger partial charge in [-0.25, -0.2) is 4.79 Å². The predicted molar refractivity (Wildman–Crippen MR) is 111 cm³/mol. The van der Waals surface area contributed by atoms with Gasteiger partial charge in [-0.2, -0.15) is 0 Å². The molecule has 3 aromatic carbocycles. The van der Waals surface area contributed by atoms with Crippen molar-refractivity contribution in [2.24, 2.45) is 0 Å². The van der Waals surface area contributed by atoms with Crippen molar-refractivity contribution in [3.05, 3.63) is 89.5 Å². The Morgan fingerprint density at radius 2 is 1.55 bits per heavy atom. The van der Waals surface area contributed by atoms with Crippen LogP contribution in [0.5, 0.6) is 17.2 Å². The zero-order chi connectivity index (χ0) is 20.5. The maximum absolute atomic E-state index is 12.4. The molecule has 0 radical (unpaired) electrons. The number of rotatable bonds is 9. The minimum atomic E-state index is -0.397. The molecule has 0 bridgehead atoms. The number of carbonyl (C=O) groups excluding carboxylic acids is 1. The summed E-state index contributed by atoms with van der Waals surface area (Å²) in [5, 5.41) is 0. The highest BCUT2D eigenvalue weighted by Crippen LogP contribution is 2.29. The van der Waals surface area contributed by atoms with Crippen molar-refractivity contribution in [2.45, 2.75) is 13.0 Å². The summed E-state index contributed by atoms with van der Waals surface area (Å²) in [6.45, 7) is 0.711. The average molecular weight is 392 g/mol. The second-order valence-corrected chi connectivity index (χ2v) is 6.37. The van der Waals surface area contributed by atoms with Gasteiger partial charge in [-0.1, -0.05) is 42.5 Å². The maximum Gasteiger partial charge on any atom is 0.338 e. The van der Waals surface area contributed by atoms with E-state index in [-0.39, 0.29) is 0 Å². The molecular weight excluding hydrogens is 368 g/mol. The molecule has 0 aromatic heterocycles. The summed E-state index contributed by atoms with van der Waals surface area (Å²) in [5.41, 5.74) is 2.54. The maximum atomic E-state index is 12.4. The van der Waals surface area contributed by atoms with Crippen LogP contribution in [0.1, 0.15) is 21.5 Å². The Hall–Kier alpha value is -3.47. The SMILES string of the molecule is COc1ccc(CCOC(=O)c2ccc(OCc3ccccc3)c(OC)c2)cc1. The quantitative estimate of drug-likeness (QED) is 0.495. The van der Waals surface area contributed by atoms with Crippen LogP contribution >= 0.6 is 0 Å².